The van der Waals surface area contributed by atoms with Gasteiger partial charge in [0.2, 0.25) is 0 Å². The summed E-state index contributed by atoms with van der Waals surface area (Å²) in [5.41, 5.74) is 1.52. The molecule has 0 radical (unpaired) electrons. The topological polar surface area (TPSA) is 83.2 Å². The number of rotatable bonds is 6. The Morgan fingerprint density at radius 2 is 2.41 bits per heavy atom. The van der Waals surface area contributed by atoms with Gasteiger partial charge in [-0.15, -0.1) is 0 Å². The van der Waals surface area contributed by atoms with Crippen LogP contribution in [-0.4, -0.2) is 45.6 Å². The molecular formula is C14H19N5O3. The Kier molecular flexibility index (Phi) is 4.50. The van der Waals surface area contributed by atoms with E-state index in [1.54, 1.807) is 30.4 Å². The molecule has 0 saturated carbocycles. The van der Waals surface area contributed by atoms with E-state index in [0.29, 0.717) is 38.5 Å². The van der Waals surface area contributed by atoms with Crippen molar-refractivity contribution in [3.63, 3.8) is 0 Å². The van der Waals surface area contributed by atoms with Gasteiger partial charge in [-0.2, -0.15) is 5.10 Å². The summed E-state index contributed by atoms with van der Waals surface area (Å²) in [6.07, 6.45) is 5.06. The van der Waals surface area contributed by atoms with E-state index in [2.05, 4.69) is 20.0 Å². The van der Waals surface area contributed by atoms with Crippen molar-refractivity contribution in [1.82, 2.24) is 24.6 Å². The van der Waals surface area contributed by atoms with Crippen LogP contribution in [0, 0.1) is 0 Å². The van der Waals surface area contributed by atoms with Crippen LogP contribution in [0.25, 0.3) is 0 Å². The second-order valence-corrected chi connectivity index (χ2v) is 5.04. The number of nitrogens with zero attached hydrogens (tertiary/aromatic N) is 4. The first-order chi connectivity index (χ1) is 10.8. The molecule has 3 heterocycles. The first-order valence-corrected chi connectivity index (χ1v) is 7.18. The lowest BCUT2D eigenvalue weighted by molar-refractivity contribution is 0.0802. The van der Waals surface area contributed by atoms with Crippen molar-refractivity contribution in [2.24, 2.45) is 0 Å². The lowest BCUT2D eigenvalue weighted by Crippen LogP contribution is -2.26. The van der Waals surface area contributed by atoms with E-state index in [1.807, 2.05) is 0 Å². The maximum absolute atomic E-state index is 12.1. The summed E-state index contributed by atoms with van der Waals surface area (Å²) in [4.78, 5) is 16.4. The van der Waals surface area contributed by atoms with Crippen molar-refractivity contribution < 1.29 is 14.3 Å². The summed E-state index contributed by atoms with van der Waals surface area (Å²) in [5, 5.41) is 7.03. The predicted molar refractivity (Wildman–Crippen MR) is 77.2 cm³/mol. The van der Waals surface area contributed by atoms with Crippen molar-refractivity contribution >= 4 is 5.91 Å². The maximum atomic E-state index is 12.1. The zero-order chi connectivity index (χ0) is 15.4. The predicted octanol–water partition coefficient (Wildman–Crippen LogP) is 0.186. The summed E-state index contributed by atoms with van der Waals surface area (Å²) >= 11 is 0. The minimum absolute atomic E-state index is 0.147. The largest absolute Gasteiger partial charge is 0.383 e. The highest BCUT2D eigenvalue weighted by Crippen LogP contribution is 2.11. The molecule has 2 aromatic heterocycles. The molecule has 118 valence electrons. The second kappa shape index (κ2) is 6.71. The lowest BCUT2D eigenvalue weighted by atomic mass is 10.3. The minimum Gasteiger partial charge on any atom is -0.383 e. The number of ether oxygens (including phenoxy) is 2. The molecule has 1 aliphatic rings. The van der Waals surface area contributed by atoms with Crippen LogP contribution in [0.2, 0.25) is 0 Å². The molecule has 1 N–H and O–H groups in total. The van der Waals surface area contributed by atoms with Gasteiger partial charge in [0.25, 0.3) is 5.91 Å². The number of aromatic nitrogens is 4. The number of carbonyl (C=O) groups is 1. The number of fused-ring (bicyclic) bond motifs is 1. The maximum Gasteiger partial charge on any atom is 0.254 e. The fourth-order valence-electron chi connectivity index (χ4n) is 2.36. The van der Waals surface area contributed by atoms with Crippen molar-refractivity contribution in [2.45, 2.75) is 26.2 Å². The minimum atomic E-state index is -0.147. The van der Waals surface area contributed by atoms with Gasteiger partial charge >= 0.3 is 0 Å². The number of carbonyl (C=O) groups excluding carboxylic acids is 1. The molecule has 0 fully saturated rings. The average molecular weight is 305 g/mol. The van der Waals surface area contributed by atoms with Crippen LogP contribution in [0.5, 0.6) is 0 Å². The molecule has 0 aliphatic carbocycles. The highest BCUT2D eigenvalue weighted by molar-refractivity contribution is 5.93. The summed E-state index contributed by atoms with van der Waals surface area (Å²) in [5.74, 6) is 0.758. The molecule has 3 rings (SSSR count). The van der Waals surface area contributed by atoms with Gasteiger partial charge in [0, 0.05) is 19.9 Å². The molecular weight excluding hydrogens is 286 g/mol. The van der Waals surface area contributed by atoms with E-state index in [4.69, 9.17) is 9.47 Å². The Bertz CT molecular complexity index is 649. The number of nitrogens with one attached hydrogen (secondary N) is 1. The standard InChI is InChI=1S/C14H19N5O3/c1-21-4-2-18-9-11(6-17-18)14(20)16-8-12-7-15-13-10-22-5-3-19(12)13/h6-7,9H,2-5,8,10H2,1H3,(H,16,20). The summed E-state index contributed by atoms with van der Waals surface area (Å²) in [7, 11) is 1.63. The van der Waals surface area contributed by atoms with E-state index in [9.17, 15) is 4.79 Å². The van der Waals surface area contributed by atoms with Gasteiger partial charge in [-0.25, -0.2) is 4.98 Å². The van der Waals surface area contributed by atoms with Crippen LogP contribution in [0.3, 0.4) is 0 Å². The molecule has 0 atom stereocenters. The molecule has 2 aromatic rings. The number of imidazole rings is 1. The zero-order valence-corrected chi connectivity index (χ0v) is 12.5. The van der Waals surface area contributed by atoms with Crippen LogP contribution in [0.1, 0.15) is 21.9 Å². The van der Waals surface area contributed by atoms with Crippen LogP contribution in [0.15, 0.2) is 18.6 Å². The van der Waals surface area contributed by atoms with E-state index in [1.165, 1.54) is 0 Å². The van der Waals surface area contributed by atoms with Crippen LogP contribution < -0.4 is 5.32 Å². The van der Waals surface area contributed by atoms with E-state index < -0.39 is 0 Å². The third-order valence-electron chi connectivity index (χ3n) is 3.56. The normalized spacial score (nSPS) is 13.9. The van der Waals surface area contributed by atoms with E-state index in [-0.39, 0.29) is 5.91 Å². The fourth-order valence-corrected chi connectivity index (χ4v) is 2.36. The van der Waals surface area contributed by atoms with Gasteiger partial charge in [0.15, 0.2) is 0 Å². The molecule has 0 aromatic carbocycles. The summed E-state index contributed by atoms with van der Waals surface area (Å²) in [6, 6.07) is 0. The number of amides is 1. The fraction of sp³-hybridized carbons (Fsp3) is 0.500. The third kappa shape index (κ3) is 3.18. The lowest BCUT2D eigenvalue weighted by Gasteiger charge is -2.17. The molecule has 8 nitrogen and oxygen atoms in total. The Labute approximate surface area is 128 Å². The van der Waals surface area contributed by atoms with Crippen molar-refractivity contribution in [2.75, 3.05) is 20.3 Å². The van der Waals surface area contributed by atoms with Gasteiger partial charge in [0.1, 0.15) is 12.4 Å². The molecule has 0 saturated heterocycles. The van der Waals surface area contributed by atoms with Gasteiger partial charge in [-0.05, 0) is 0 Å². The molecule has 8 heteroatoms. The first-order valence-electron chi connectivity index (χ1n) is 7.18. The highest BCUT2D eigenvalue weighted by atomic mass is 16.5. The van der Waals surface area contributed by atoms with Gasteiger partial charge in [-0.1, -0.05) is 0 Å². The van der Waals surface area contributed by atoms with Crippen molar-refractivity contribution in [1.29, 1.82) is 0 Å². The second-order valence-electron chi connectivity index (χ2n) is 5.04. The first kappa shape index (κ1) is 14.7. The molecule has 0 bridgehead atoms. The van der Waals surface area contributed by atoms with E-state index >= 15 is 0 Å². The highest BCUT2D eigenvalue weighted by Gasteiger charge is 2.15. The molecule has 22 heavy (non-hydrogen) atoms. The van der Waals surface area contributed by atoms with Gasteiger partial charge in [-0.3, -0.25) is 9.48 Å². The van der Waals surface area contributed by atoms with Gasteiger partial charge < -0.3 is 19.4 Å². The number of methoxy groups -OCH3 is 1. The van der Waals surface area contributed by atoms with E-state index in [0.717, 1.165) is 18.1 Å². The Morgan fingerprint density at radius 1 is 1.50 bits per heavy atom. The van der Waals surface area contributed by atoms with Gasteiger partial charge in [0.05, 0.1) is 50.0 Å². The zero-order valence-electron chi connectivity index (χ0n) is 12.5. The Hall–Kier alpha value is -2.19. The van der Waals surface area contributed by atoms with Crippen LogP contribution in [0.4, 0.5) is 0 Å². The molecule has 1 amide bonds. The van der Waals surface area contributed by atoms with Crippen LogP contribution >= 0.6 is 0 Å². The summed E-state index contributed by atoms with van der Waals surface area (Å²) < 4.78 is 14.1. The SMILES string of the molecule is COCCn1cc(C(=O)NCc2cnc3n2CCOC3)cn1. The summed E-state index contributed by atoms with van der Waals surface area (Å²) in [6.45, 7) is 3.61. The van der Waals surface area contributed by atoms with Crippen molar-refractivity contribution in [3.8, 4) is 0 Å². The average Bonchev–Trinajstić information content (AvgIpc) is 3.18. The number of hydrogen-bond acceptors (Lipinski definition) is 5. The number of hydrogen-bond donors (Lipinski definition) is 1. The quantitative estimate of drug-likeness (QED) is 0.823. The molecule has 0 spiro atoms. The monoisotopic (exact) mass is 305 g/mol. The third-order valence-corrected chi connectivity index (χ3v) is 3.56. The Balaban J connectivity index is 1.58. The van der Waals surface area contributed by atoms with Crippen molar-refractivity contribution in [3.05, 3.63) is 35.7 Å². The molecule has 0 unspecified atom stereocenters. The molecule has 1 aliphatic heterocycles. The smallest absolute Gasteiger partial charge is 0.254 e. The van der Waals surface area contributed by atoms with Crippen LogP contribution in [-0.2, 0) is 35.7 Å². The Morgan fingerprint density at radius 3 is 3.27 bits per heavy atom.